The van der Waals surface area contributed by atoms with E-state index in [1.165, 1.54) is 30.5 Å². The maximum absolute atomic E-state index is 12.4. The van der Waals surface area contributed by atoms with Crippen molar-refractivity contribution in [1.29, 1.82) is 0 Å². The van der Waals surface area contributed by atoms with Crippen molar-refractivity contribution in [1.82, 2.24) is 10.3 Å². The van der Waals surface area contributed by atoms with Crippen LogP contribution in [-0.4, -0.2) is 23.5 Å². The molecule has 1 saturated carbocycles. The molecule has 1 N–H and O–H groups in total. The minimum Gasteiger partial charge on any atom is -0.348 e. The molecule has 0 bridgehead atoms. The molecule has 2 heterocycles. The molecule has 2 aromatic rings. The number of nitrogens with zero attached hydrogens (tertiary/aromatic N) is 2. The second-order valence-corrected chi connectivity index (χ2v) is 7.09. The van der Waals surface area contributed by atoms with Gasteiger partial charge in [-0.25, -0.2) is 4.98 Å². The van der Waals surface area contributed by atoms with E-state index in [1.54, 1.807) is 0 Å². The monoisotopic (exact) mass is 335 g/mol. The number of amides is 1. The fourth-order valence-corrected chi connectivity index (χ4v) is 3.99. The number of rotatable bonds is 3. The zero-order chi connectivity index (χ0) is 17.1. The number of carbonyl (C=O) groups excluding carboxylic acids is 1. The molecule has 25 heavy (non-hydrogen) atoms. The average Bonchev–Trinajstić information content (AvgIpc) is 2.68. The lowest BCUT2D eigenvalue weighted by atomic mass is 9.95. The normalized spacial score (nSPS) is 17.8. The summed E-state index contributed by atoms with van der Waals surface area (Å²) in [6, 6.07) is 12.7. The van der Waals surface area contributed by atoms with Gasteiger partial charge in [-0.15, -0.1) is 0 Å². The van der Waals surface area contributed by atoms with Crippen LogP contribution < -0.4 is 10.2 Å². The van der Waals surface area contributed by atoms with E-state index in [2.05, 4.69) is 39.5 Å². The minimum atomic E-state index is -0.0440. The van der Waals surface area contributed by atoms with Crippen LogP contribution in [0.1, 0.15) is 54.6 Å². The van der Waals surface area contributed by atoms with Crippen LogP contribution in [0.25, 0.3) is 0 Å². The minimum absolute atomic E-state index is 0.0440. The van der Waals surface area contributed by atoms with Gasteiger partial charge in [0.05, 0.1) is 11.9 Å². The van der Waals surface area contributed by atoms with Crippen molar-refractivity contribution in [3.05, 3.63) is 53.9 Å². The first-order chi connectivity index (χ1) is 12.3. The van der Waals surface area contributed by atoms with Crippen molar-refractivity contribution in [2.75, 3.05) is 11.4 Å². The van der Waals surface area contributed by atoms with Gasteiger partial charge < -0.3 is 10.2 Å². The predicted molar refractivity (Wildman–Crippen MR) is 100 cm³/mol. The van der Waals surface area contributed by atoms with Gasteiger partial charge in [0, 0.05) is 18.3 Å². The number of anilines is 2. The highest BCUT2D eigenvalue weighted by Crippen LogP contribution is 2.32. The standard InChI is InChI=1S/C21H25N3O/c25-21(23-17-9-2-1-3-10-17)19-13-12-18(15-22-19)24-14-6-8-16-7-4-5-11-20(16)24/h4-5,7,11-13,15,17H,1-3,6,8-10,14H2,(H,23,25). The lowest BCUT2D eigenvalue weighted by Crippen LogP contribution is -2.36. The number of para-hydroxylation sites is 1. The second-order valence-electron chi connectivity index (χ2n) is 7.09. The number of nitrogens with one attached hydrogen (secondary N) is 1. The summed E-state index contributed by atoms with van der Waals surface area (Å²) in [7, 11) is 0. The van der Waals surface area contributed by atoms with Gasteiger partial charge >= 0.3 is 0 Å². The number of aryl methyl sites for hydroxylation is 1. The predicted octanol–water partition coefficient (Wildman–Crippen LogP) is 4.23. The Hall–Kier alpha value is -2.36. The maximum atomic E-state index is 12.4. The fourth-order valence-electron chi connectivity index (χ4n) is 3.99. The average molecular weight is 335 g/mol. The Kier molecular flexibility index (Phi) is 4.68. The molecule has 1 aliphatic carbocycles. The molecule has 0 radical (unpaired) electrons. The molecule has 1 amide bonds. The van der Waals surface area contributed by atoms with E-state index in [9.17, 15) is 4.79 Å². The number of hydrogen-bond acceptors (Lipinski definition) is 3. The van der Waals surface area contributed by atoms with Crippen LogP contribution in [-0.2, 0) is 6.42 Å². The Labute approximate surface area is 149 Å². The van der Waals surface area contributed by atoms with Crippen molar-refractivity contribution < 1.29 is 4.79 Å². The summed E-state index contributed by atoms with van der Waals surface area (Å²) in [4.78, 5) is 19.2. The van der Waals surface area contributed by atoms with Crippen molar-refractivity contribution in [3.63, 3.8) is 0 Å². The van der Waals surface area contributed by atoms with Crippen LogP contribution in [0.5, 0.6) is 0 Å². The number of aromatic nitrogens is 1. The third-order valence-corrected chi connectivity index (χ3v) is 5.34. The molecular weight excluding hydrogens is 310 g/mol. The fraction of sp³-hybridized carbons (Fsp3) is 0.429. The van der Waals surface area contributed by atoms with Gasteiger partial charge in [-0.2, -0.15) is 0 Å². The molecule has 0 unspecified atom stereocenters. The van der Waals surface area contributed by atoms with Crippen LogP contribution in [0.15, 0.2) is 42.6 Å². The van der Waals surface area contributed by atoms with Gasteiger partial charge in [0.15, 0.2) is 0 Å². The van der Waals surface area contributed by atoms with Gasteiger partial charge in [-0.1, -0.05) is 37.5 Å². The molecule has 1 fully saturated rings. The third kappa shape index (κ3) is 3.53. The zero-order valence-electron chi connectivity index (χ0n) is 14.6. The van der Waals surface area contributed by atoms with Crippen LogP contribution in [0.4, 0.5) is 11.4 Å². The summed E-state index contributed by atoms with van der Waals surface area (Å²) in [5.41, 5.74) is 4.21. The summed E-state index contributed by atoms with van der Waals surface area (Å²) < 4.78 is 0. The summed E-state index contributed by atoms with van der Waals surface area (Å²) in [5.74, 6) is -0.0440. The SMILES string of the molecule is O=C(NC1CCCCC1)c1ccc(N2CCCc3ccccc32)cn1. The smallest absolute Gasteiger partial charge is 0.270 e. The summed E-state index contributed by atoms with van der Waals surface area (Å²) in [6.45, 7) is 0.992. The quantitative estimate of drug-likeness (QED) is 0.913. The van der Waals surface area contributed by atoms with E-state index in [-0.39, 0.29) is 5.91 Å². The van der Waals surface area contributed by atoms with Crippen molar-refractivity contribution in [2.24, 2.45) is 0 Å². The van der Waals surface area contributed by atoms with E-state index in [0.29, 0.717) is 11.7 Å². The van der Waals surface area contributed by atoms with Gasteiger partial charge in [0.1, 0.15) is 5.69 Å². The van der Waals surface area contributed by atoms with E-state index in [4.69, 9.17) is 0 Å². The molecule has 0 saturated heterocycles. The van der Waals surface area contributed by atoms with Crippen LogP contribution in [0.2, 0.25) is 0 Å². The Morgan fingerprint density at radius 2 is 1.88 bits per heavy atom. The van der Waals surface area contributed by atoms with Crippen LogP contribution >= 0.6 is 0 Å². The van der Waals surface area contributed by atoms with Gasteiger partial charge in [-0.3, -0.25) is 4.79 Å². The first-order valence-corrected chi connectivity index (χ1v) is 9.43. The highest BCUT2D eigenvalue weighted by molar-refractivity contribution is 5.92. The Morgan fingerprint density at radius 1 is 1.04 bits per heavy atom. The summed E-state index contributed by atoms with van der Waals surface area (Å²) in [6.07, 6.45) is 10.00. The molecule has 130 valence electrons. The van der Waals surface area contributed by atoms with Crippen molar-refractivity contribution in [3.8, 4) is 0 Å². The van der Waals surface area contributed by atoms with Crippen molar-refractivity contribution in [2.45, 2.75) is 51.0 Å². The van der Waals surface area contributed by atoms with Gasteiger partial charge in [0.2, 0.25) is 0 Å². The lowest BCUT2D eigenvalue weighted by Gasteiger charge is -2.31. The number of fused-ring (bicyclic) bond motifs is 1. The highest BCUT2D eigenvalue weighted by atomic mass is 16.1. The highest BCUT2D eigenvalue weighted by Gasteiger charge is 2.20. The number of hydrogen-bond donors (Lipinski definition) is 1. The number of benzene rings is 1. The second kappa shape index (κ2) is 7.26. The van der Waals surface area contributed by atoms with Gasteiger partial charge in [0.25, 0.3) is 5.91 Å². The summed E-state index contributed by atoms with van der Waals surface area (Å²) >= 11 is 0. The van der Waals surface area contributed by atoms with Crippen LogP contribution in [0.3, 0.4) is 0 Å². The maximum Gasteiger partial charge on any atom is 0.270 e. The lowest BCUT2D eigenvalue weighted by molar-refractivity contribution is 0.0922. The molecule has 2 aliphatic rings. The molecule has 1 aromatic carbocycles. The Bertz CT molecular complexity index is 735. The van der Waals surface area contributed by atoms with E-state index >= 15 is 0 Å². The first kappa shape index (κ1) is 16.1. The number of pyridine rings is 1. The Morgan fingerprint density at radius 3 is 2.68 bits per heavy atom. The summed E-state index contributed by atoms with van der Waals surface area (Å²) in [5, 5.41) is 3.13. The van der Waals surface area contributed by atoms with E-state index in [1.807, 2.05) is 18.3 Å². The van der Waals surface area contributed by atoms with Crippen molar-refractivity contribution >= 4 is 17.3 Å². The molecule has 4 heteroatoms. The van der Waals surface area contributed by atoms with E-state index < -0.39 is 0 Å². The first-order valence-electron chi connectivity index (χ1n) is 9.43. The Balaban J connectivity index is 1.48. The molecule has 0 spiro atoms. The molecule has 4 rings (SSSR count). The zero-order valence-corrected chi connectivity index (χ0v) is 14.6. The molecule has 1 aromatic heterocycles. The molecule has 0 atom stereocenters. The molecule has 1 aliphatic heterocycles. The molecule has 4 nitrogen and oxygen atoms in total. The molecular formula is C21H25N3O. The van der Waals surface area contributed by atoms with E-state index in [0.717, 1.165) is 37.9 Å². The van der Waals surface area contributed by atoms with Crippen LogP contribution in [0, 0.1) is 0 Å². The topological polar surface area (TPSA) is 45.2 Å². The number of carbonyl (C=O) groups is 1. The largest absolute Gasteiger partial charge is 0.348 e. The van der Waals surface area contributed by atoms with Gasteiger partial charge in [-0.05, 0) is 49.4 Å². The third-order valence-electron chi connectivity index (χ3n) is 5.34.